The molecule has 0 heterocycles. The molecule has 1 atom stereocenters. The van der Waals surface area contributed by atoms with E-state index in [0.29, 0.717) is 6.04 Å². The fourth-order valence-electron chi connectivity index (χ4n) is 4.29. The van der Waals surface area contributed by atoms with Crippen LogP contribution in [0.1, 0.15) is 49.9 Å². The predicted molar refractivity (Wildman–Crippen MR) is 144 cm³/mol. The Hall–Kier alpha value is -2.33. The zero-order valence-electron chi connectivity index (χ0n) is 21.1. The molecular weight excluding hydrogens is 466 g/mol. The topological polar surface area (TPSA) is 20.3 Å². The molecule has 0 N–H and O–H groups in total. The van der Waals surface area contributed by atoms with Gasteiger partial charge < -0.3 is 9.03 Å². The van der Waals surface area contributed by atoms with Crippen LogP contribution in [0.4, 0.5) is 0 Å². The van der Waals surface area contributed by atoms with Crippen LogP contribution in [-0.4, -0.2) is 26.0 Å². The largest absolute Gasteiger partial charge is 0.395 e. The number of hydrogen-bond acceptors (Lipinski definition) is 1. The molecule has 2 nitrogen and oxygen atoms in total. The van der Waals surface area contributed by atoms with Gasteiger partial charge in [0.1, 0.15) is 0 Å². The minimum Gasteiger partial charge on any atom is -0.375 e. The van der Waals surface area contributed by atoms with Gasteiger partial charge in [-0.1, -0.05) is 92.1 Å². The van der Waals surface area contributed by atoms with Crippen molar-refractivity contribution in [2.75, 3.05) is 7.05 Å². The number of allylic oxidation sites excluding steroid dienone is 7. The molecule has 0 radical (unpaired) electrons. The van der Waals surface area contributed by atoms with E-state index in [9.17, 15) is 4.46 Å². The summed E-state index contributed by atoms with van der Waals surface area (Å²) in [5.74, 6) is 0.159. The molecule has 0 aromatic heterocycles. The molecule has 2 aliphatic carbocycles. The third-order valence-corrected chi connectivity index (χ3v) is 8.55. The maximum absolute atomic E-state index is 13.2. The smallest absolute Gasteiger partial charge is 0.375 e. The van der Waals surface area contributed by atoms with E-state index in [1.807, 2.05) is 30.7 Å². The number of nitrogens with zero attached hydrogens (tertiary/aromatic N) is 1. The van der Waals surface area contributed by atoms with Gasteiger partial charge in [-0.15, -0.1) is 0 Å². The molecule has 2 aliphatic rings. The molecule has 34 heavy (non-hydrogen) atoms. The van der Waals surface area contributed by atoms with E-state index in [0.717, 1.165) is 5.57 Å². The van der Waals surface area contributed by atoms with Crippen LogP contribution in [0, 0.1) is 5.92 Å². The Kier molecular flexibility index (Phi) is 9.75. The average Bonchev–Trinajstić information content (AvgIpc) is 3.17. The molecule has 0 bridgehead atoms. The Morgan fingerprint density at radius 2 is 1.53 bits per heavy atom. The zero-order chi connectivity index (χ0) is 24.2. The van der Waals surface area contributed by atoms with Crippen molar-refractivity contribution in [3.63, 3.8) is 0 Å². The Bertz CT molecular complexity index is 1170. The molecule has 1 unspecified atom stereocenters. The summed E-state index contributed by atoms with van der Waals surface area (Å²) in [6, 6.07) is 17.7. The minimum atomic E-state index is -1.89. The fraction of sp³-hybridized carbons (Fsp3) is 0.267. The van der Waals surface area contributed by atoms with Gasteiger partial charge in [-0.2, -0.15) is 0 Å². The molecule has 0 saturated carbocycles. The summed E-state index contributed by atoms with van der Waals surface area (Å²) in [4.78, 5) is 0. The van der Waals surface area contributed by atoms with Crippen molar-refractivity contribution in [1.29, 1.82) is 0 Å². The van der Waals surface area contributed by atoms with Gasteiger partial charge in [-0.25, -0.2) is 0 Å². The number of fused-ring (bicyclic) bond motifs is 4. The second kappa shape index (κ2) is 11.9. The summed E-state index contributed by atoms with van der Waals surface area (Å²) in [5, 5.41) is 0. The summed E-state index contributed by atoms with van der Waals surface area (Å²) >= 11 is 0. The van der Waals surface area contributed by atoms with Crippen LogP contribution in [0.3, 0.4) is 0 Å². The molecule has 4 heteroatoms. The van der Waals surface area contributed by atoms with Crippen LogP contribution < -0.4 is 0 Å². The van der Waals surface area contributed by atoms with Gasteiger partial charge in [0.2, 0.25) is 0 Å². The molecule has 4 rings (SSSR count). The number of hydrogen-bond donors (Lipinski definition) is 0. The number of rotatable bonds is 4. The Labute approximate surface area is 222 Å². The molecular formula is C30H35NOSiTi. The normalized spacial score (nSPS) is 15.9. The van der Waals surface area contributed by atoms with Crippen molar-refractivity contribution >= 4 is 25.6 Å². The summed E-state index contributed by atoms with van der Waals surface area (Å²) in [5.41, 5.74) is 8.32. The standard InChI is InChI=1S/C25H27NOSi.C5H8.Ti/c1-17-19-10-6-8-12-21(19)23-15-14-18(16-28(27)26(5)25(2,3)4)24(23)22-13-9-7-11-20(17)22;1-3-5-4-2;/h6-15,18H,1,16H2,2-5H3;3-5H,1H2,2H3;/b;5-4+;. The maximum atomic E-state index is 13.2. The van der Waals surface area contributed by atoms with Crippen molar-refractivity contribution in [2.45, 2.75) is 39.3 Å². The van der Waals surface area contributed by atoms with Crippen LogP contribution in [0.2, 0.25) is 6.04 Å². The maximum Gasteiger partial charge on any atom is 0.395 e. The van der Waals surface area contributed by atoms with Gasteiger partial charge in [0.05, 0.1) is 0 Å². The van der Waals surface area contributed by atoms with Crippen molar-refractivity contribution < 1.29 is 26.2 Å². The Morgan fingerprint density at radius 1 is 1.00 bits per heavy atom. The van der Waals surface area contributed by atoms with E-state index >= 15 is 0 Å². The quantitative estimate of drug-likeness (QED) is 0.318. The van der Waals surface area contributed by atoms with E-state index in [2.05, 4.69) is 94.6 Å². The van der Waals surface area contributed by atoms with Crippen LogP contribution in [-0.2, 0) is 26.2 Å². The average molecular weight is 502 g/mol. The van der Waals surface area contributed by atoms with E-state index in [-0.39, 0.29) is 33.2 Å². The molecule has 0 fully saturated rings. The van der Waals surface area contributed by atoms with Crippen molar-refractivity contribution in [3.8, 4) is 0 Å². The van der Waals surface area contributed by atoms with Crippen molar-refractivity contribution in [3.05, 3.63) is 114 Å². The van der Waals surface area contributed by atoms with E-state index in [4.69, 9.17) is 0 Å². The summed E-state index contributed by atoms with van der Waals surface area (Å²) < 4.78 is 15.2. The molecule has 174 valence electrons. The first-order valence-corrected chi connectivity index (χ1v) is 13.1. The first-order chi connectivity index (χ1) is 15.7. The van der Waals surface area contributed by atoms with E-state index in [1.165, 1.54) is 33.4 Å². The van der Waals surface area contributed by atoms with Crippen molar-refractivity contribution in [2.24, 2.45) is 5.92 Å². The molecule has 2 aromatic rings. The van der Waals surface area contributed by atoms with Gasteiger partial charge in [-0.05, 0) is 66.7 Å². The molecule has 0 aliphatic heterocycles. The summed E-state index contributed by atoms with van der Waals surface area (Å²) in [7, 11) is 0.0943. The third kappa shape index (κ3) is 5.83. The first kappa shape index (κ1) is 27.9. The molecule has 0 spiro atoms. The predicted octanol–water partition coefficient (Wildman–Crippen LogP) is 7.55. The molecule has 0 amide bonds. The van der Waals surface area contributed by atoms with Crippen LogP contribution in [0.25, 0.3) is 16.7 Å². The third-order valence-electron chi connectivity index (χ3n) is 6.34. The minimum absolute atomic E-state index is 0. The second-order valence-electron chi connectivity index (χ2n) is 9.45. The van der Waals surface area contributed by atoms with Gasteiger partial charge in [0, 0.05) is 46.3 Å². The Balaban J connectivity index is 0.000000619. The Morgan fingerprint density at radius 3 is 2.03 bits per heavy atom. The first-order valence-electron chi connectivity index (χ1n) is 11.5. The second-order valence-corrected chi connectivity index (χ2v) is 11.3. The summed E-state index contributed by atoms with van der Waals surface area (Å²) in [6.07, 6.45) is 10.0. The van der Waals surface area contributed by atoms with Gasteiger partial charge in [-0.3, -0.25) is 0 Å². The molecule has 2 aromatic carbocycles. The van der Waals surface area contributed by atoms with Gasteiger partial charge >= 0.3 is 8.84 Å². The van der Waals surface area contributed by atoms with Crippen LogP contribution in [0.5, 0.6) is 0 Å². The van der Waals surface area contributed by atoms with Gasteiger partial charge in [0.25, 0.3) is 0 Å². The summed E-state index contributed by atoms with van der Waals surface area (Å²) in [6.45, 7) is 16.2. The van der Waals surface area contributed by atoms with Crippen LogP contribution >= 0.6 is 0 Å². The SMILES string of the molecule is C=C/C=C/C.C=C1c2ccccc2C2=C(c3ccccc31)C(C[Si](=O)N(C)C(C)(C)C)C=C2.[Ti]. The van der Waals surface area contributed by atoms with Gasteiger partial charge in [0.15, 0.2) is 0 Å². The van der Waals surface area contributed by atoms with Crippen LogP contribution in [0.15, 0.2) is 92.1 Å². The number of benzene rings is 2. The van der Waals surface area contributed by atoms with Crippen molar-refractivity contribution in [1.82, 2.24) is 4.57 Å². The monoisotopic (exact) mass is 501 g/mol. The van der Waals surface area contributed by atoms with E-state index in [1.54, 1.807) is 6.08 Å². The zero-order valence-corrected chi connectivity index (χ0v) is 23.6. The fourth-order valence-corrected chi connectivity index (χ4v) is 6.03. The molecule has 0 saturated heterocycles. The van der Waals surface area contributed by atoms with E-state index < -0.39 is 8.84 Å².